The van der Waals surface area contributed by atoms with Gasteiger partial charge in [0.05, 0.1) is 18.1 Å². The Morgan fingerprint density at radius 1 is 0.857 bits per heavy atom. The molecule has 0 unspecified atom stereocenters. The summed E-state index contributed by atoms with van der Waals surface area (Å²) in [6, 6.07) is 23.1. The minimum atomic E-state index is 0.557. The average Bonchev–Trinajstić information content (AvgIpc) is 3.16. The maximum Gasteiger partial charge on any atom is 0.119 e. The molecule has 0 radical (unpaired) electrons. The van der Waals surface area contributed by atoms with Crippen molar-refractivity contribution < 1.29 is 4.74 Å². The molecule has 0 aliphatic rings. The predicted molar refractivity (Wildman–Crippen MR) is 117 cm³/mol. The molecule has 0 atom stereocenters. The van der Waals surface area contributed by atoms with E-state index in [0.29, 0.717) is 5.92 Å². The van der Waals surface area contributed by atoms with Gasteiger partial charge >= 0.3 is 0 Å². The van der Waals surface area contributed by atoms with Crippen molar-refractivity contribution in [2.45, 2.75) is 19.8 Å². The van der Waals surface area contributed by atoms with Gasteiger partial charge in [-0.05, 0) is 59.0 Å². The van der Waals surface area contributed by atoms with Gasteiger partial charge in [0.25, 0.3) is 0 Å². The zero-order valence-corrected chi connectivity index (χ0v) is 16.5. The molecule has 3 heteroatoms. The Morgan fingerprint density at radius 2 is 1.54 bits per heavy atom. The van der Waals surface area contributed by atoms with Crippen LogP contribution < -0.4 is 4.74 Å². The van der Waals surface area contributed by atoms with Crippen LogP contribution in [-0.4, -0.2) is 16.7 Å². The molecule has 0 amide bonds. The molecular formula is C25H24N2O. The normalized spacial score (nSPS) is 11.6. The number of fused-ring (bicyclic) bond motifs is 1. The first-order valence-corrected chi connectivity index (χ1v) is 9.53. The van der Waals surface area contributed by atoms with E-state index in [4.69, 9.17) is 4.74 Å². The molecule has 0 saturated heterocycles. The fraction of sp³-hybridized carbons (Fsp3) is 0.160. The van der Waals surface area contributed by atoms with E-state index < -0.39 is 0 Å². The van der Waals surface area contributed by atoms with Gasteiger partial charge in [-0.25, -0.2) is 4.98 Å². The smallest absolute Gasteiger partial charge is 0.119 e. The van der Waals surface area contributed by atoms with Gasteiger partial charge in [0, 0.05) is 5.69 Å². The number of methoxy groups -OCH3 is 1. The summed E-state index contributed by atoms with van der Waals surface area (Å²) in [6.07, 6.45) is 6.15. The molecule has 0 N–H and O–H groups in total. The molecule has 1 heterocycles. The van der Waals surface area contributed by atoms with Crippen LogP contribution >= 0.6 is 0 Å². The minimum Gasteiger partial charge on any atom is -0.497 e. The lowest BCUT2D eigenvalue weighted by Gasteiger charge is -2.06. The number of nitrogens with zero attached hydrogens (tertiary/aromatic N) is 2. The van der Waals surface area contributed by atoms with E-state index in [9.17, 15) is 0 Å². The largest absolute Gasteiger partial charge is 0.497 e. The van der Waals surface area contributed by atoms with Crippen LogP contribution in [0.1, 0.15) is 36.5 Å². The highest BCUT2D eigenvalue weighted by Gasteiger charge is 2.05. The van der Waals surface area contributed by atoms with Crippen LogP contribution in [0.3, 0.4) is 0 Å². The van der Waals surface area contributed by atoms with Crippen LogP contribution in [0.5, 0.6) is 5.75 Å². The van der Waals surface area contributed by atoms with Gasteiger partial charge in [0.15, 0.2) is 0 Å². The fourth-order valence-corrected chi connectivity index (χ4v) is 3.27. The molecule has 0 fully saturated rings. The second-order valence-corrected chi connectivity index (χ2v) is 7.22. The third-order valence-corrected chi connectivity index (χ3v) is 4.99. The molecule has 0 aliphatic heterocycles. The van der Waals surface area contributed by atoms with Gasteiger partial charge < -0.3 is 4.74 Å². The van der Waals surface area contributed by atoms with Crippen molar-refractivity contribution in [3.63, 3.8) is 0 Å². The van der Waals surface area contributed by atoms with Gasteiger partial charge in [-0.3, -0.25) is 4.57 Å². The van der Waals surface area contributed by atoms with Crippen molar-refractivity contribution >= 4 is 23.2 Å². The summed E-state index contributed by atoms with van der Waals surface area (Å²) in [5, 5.41) is 0. The fourth-order valence-electron chi connectivity index (χ4n) is 3.27. The van der Waals surface area contributed by atoms with Gasteiger partial charge in [-0.1, -0.05) is 56.3 Å². The zero-order chi connectivity index (χ0) is 19.5. The Kier molecular flexibility index (Phi) is 4.98. The van der Waals surface area contributed by atoms with E-state index in [1.807, 2.05) is 30.6 Å². The van der Waals surface area contributed by atoms with Crippen molar-refractivity contribution in [1.82, 2.24) is 9.55 Å². The number of aromatic nitrogens is 2. The summed E-state index contributed by atoms with van der Waals surface area (Å²) in [4.78, 5) is 4.58. The van der Waals surface area contributed by atoms with E-state index in [-0.39, 0.29) is 0 Å². The lowest BCUT2D eigenvalue weighted by molar-refractivity contribution is 0.415. The number of benzene rings is 3. The molecule has 0 aliphatic carbocycles. The van der Waals surface area contributed by atoms with Crippen LogP contribution in [0.2, 0.25) is 0 Å². The van der Waals surface area contributed by atoms with Crippen molar-refractivity contribution in [3.8, 4) is 11.4 Å². The van der Waals surface area contributed by atoms with Crippen LogP contribution in [-0.2, 0) is 0 Å². The molecule has 0 spiro atoms. The summed E-state index contributed by atoms with van der Waals surface area (Å²) in [7, 11) is 1.68. The van der Waals surface area contributed by atoms with E-state index in [1.54, 1.807) is 7.11 Å². The number of hydrogen-bond acceptors (Lipinski definition) is 2. The van der Waals surface area contributed by atoms with Crippen LogP contribution in [0.4, 0.5) is 0 Å². The summed E-state index contributed by atoms with van der Waals surface area (Å²) in [5.41, 5.74) is 6.84. The molecule has 4 rings (SSSR count). The third-order valence-electron chi connectivity index (χ3n) is 4.99. The van der Waals surface area contributed by atoms with E-state index in [1.165, 1.54) is 11.1 Å². The number of ether oxygens (including phenoxy) is 1. The lowest BCUT2D eigenvalue weighted by atomic mass is 10.0. The number of imidazole rings is 1. The summed E-state index contributed by atoms with van der Waals surface area (Å²) in [6.45, 7) is 4.43. The lowest BCUT2D eigenvalue weighted by Crippen LogP contribution is -1.92. The highest BCUT2D eigenvalue weighted by Crippen LogP contribution is 2.22. The third kappa shape index (κ3) is 3.70. The van der Waals surface area contributed by atoms with Crippen molar-refractivity contribution in [3.05, 3.63) is 89.7 Å². The second-order valence-electron chi connectivity index (χ2n) is 7.22. The van der Waals surface area contributed by atoms with Gasteiger partial charge in [-0.2, -0.15) is 0 Å². The maximum atomic E-state index is 5.24. The number of rotatable bonds is 5. The topological polar surface area (TPSA) is 27.1 Å². The molecule has 28 heavy (non-hydrogen) atoms. The molecule has 0 bridgehead atoms. The monoisotopic (exact) mass is 368 g/mol. The summed E-state index contributed by atoms with van der Waals surface area (Å²) < 4.78 is 7.33. The zero-order valence-electron chi connectivity index (χ0n) is 16.5. The minimum absolute atomic E-state index is 0.557. The van der Waals surface area contributed by atoms with Crippen LogP contribution in [0, 0.1) is 0 Å². The molecular weight excluding hydrogens is 344 g/mol. The van der Waals surface area contributed by atoms with E-state index in [0.717, 1.165) is 28.0 Å². The van der Waals surface area contributed by atoms with Crippen LogP contribution in [0.25, 0.3) is 28.9 Å². The SMILES string of the molecule is COc1ccc(-n2cnc3cc(C=Cc4ccc(C(C)C)cc4)ccc32)cc1. The Morgan fingerprint density at radius 3 is 2.21 bits per heavy atom. The highest BCUT2D eigenvalue weighted by molar-refractivity contribution is 5.82. The maximum absolute atomic E-state index is 5.24. The van der Waals surface area contributed by atoms with Gasteiger partial charge in [0.2, 0.25) is 0 Å². The Labute approximate surface area is 165 Å². The first-order chi connectivity index (χ1) is 13.6. The molecule has 0 saturated carbocycles. The Hall–Kier alpha value is -3.33. The molecule has 3 aromatic carbocycles. The summed E-state index contributed by atoms with van der Waals surface area (Å²) >= 11 is 0. The van der Waals surface area contributed by atoms with E-state index >= 15 is 0 Å². The Bertz CT molecular complexity index is 1100. The average molecular weight is 368 g/mol. The van der Waals surface area contributed by atoms with Gasteiger partial charge in [-0.15, -0.1) is 0 Å². The van der Waals surface area contributed by atoms with Gasteiger partial charge in [0.1, 0.15) is 12.1 Å². The molecule has 3 nitrogen and oxygen atoms in total. The number of hydrogen-bond donors (Lipinski definition) is 0. The van der Waals surface area contributed by atoms with Crippen LogP contribution in [0.15, 0.2) is 73.1 Å². The first-order valence-electron chi connectivity index (χ1n) is 9.53. The molecule has 140 valence electrons. The Balaban J connectivity index is 1.58. The first kappa shape index (κ1) is 18.1. The highest BCUT2D eigenvalue weighted by atomic mass is 16.5. The molecule has 1 aromatic heterocycles. The van der Waals surface area contributed by atoms with Crippen molar-refractivity contribution in [2.75, 3.05) is 7.11 Å². The predicted octanol–water partition coefficient (Wildman–Crippen LogP) is 6.33. The van der Waals surface area contributed by atoms with Crippen molar-refractivity contribution in [2.24, 2.45) is 0 Å². The standard InChI is InChI=1S/C25H24N2O/c1-18(2)21-9-6-19(7-10-21)4-5-20-8-15-25-24(16-20)26-17-27(25)22-11-13-23(28-3)14-12-22/h4-18H,1-3H3. The van der Waals surface area contributed by atoms with E-state index in [2.05, 4.69) is 78.0 Å². The molecule has 4 aromatic rings. The quantitative estimate of drug-likeness (QED) is 0.385. The second kappa shape index (κ2) is 7.73. The van der Waals surface area contributed by atoms with Crippen molar-refractivity contribution in [1.29, 1.82) is 0 Å². The summed E-state index contributed by atoms with van der Waals surface area (Å²) in [5.74, 6) is 1.41.